The van der Waals surface area contributed by atoms with Crippen LogP contribution in [-0.4, -0.2) is 17.7 Å². The van der Waals surface area contributed by atoms with Crippen molar-refractivity contribution in [3.05, 3.63) is 53.2 Å². The minimum Gasteiger partial charge on any atom is -0.454 e. The highest BCUT2D eigenvalue weighted by Gasteiger charge is 2.51. The van der Waals surface area contributed by atoms with E-state index in [0.717, 1.165) is 46.8 Å². The summed E-state index contributed by atoms with van der Waals surface area (Å²) in [7, 11) is 0. The molecule has 1 amide bonds. The van der Waals surface area contributed by atoms with Gasteiger partial charge in [0.05, 0.1) is 5.41 Å². The fourth-order valence-electron chi connectivity index (χ4n) is 3.77. The number of carbonyl (C=O) groups excluding carboxylic acids is 1. The van der Waals surface area contributed by atoms with Gasteiger partial charge in [-0.05, 0) is 62.1 Å². The molecule has 1 aliphatic carbocycles. The summed E-state index contributed by atoms with van der Waals surface area (Å²) >= 11 is 0. The third-order valence-corrected chi connectivity index (χ3v) is 5.68. The van der Waals surface area contributed by atoms with Gasteiger partial charge < -0.3 is 19.8 Å². The average molecular weight is 348 g/mol. The van der Waals surface area contributed by atoms with E-state index >= 15 is 0 Å². The van der Waals surface area contributed by atoms with Gasteiger partial charge in [-0.3, -0.25) is 4.79 Å². The minimum absolute atomic E-state index is 0.0377. The normalized spacial score (nSPS) is 16.7. The standard InChI is InChI=1S/C21H20N2O3/c1-12-13(2)22-17-10-15(4-5-16(12)17)23-20(24)21(7-8-21)14-3-6-18-19(9-14)26-11-25-18/h3-6,9-10,22H,7-8,11H2,1-2H3,(H,23,24). The molecule has 1 aromatic heterocycles. The van der Waals surface area contributed by atoms with Gasteiger partial charge in [0, 0.05) is 22.3 Å². The van der Waals surface area contributed by atoms with Crippen LogP contribution in [0.5, 0.6) is 11.5 Å². The van der Waals surface area contributed by atoms with E-state index < -0.39 is 5.41 Å². The summed E-state index contributed by atoms with van der Waals surface area (Å²) in [4.78, 5) is 16.4. The number of fused-ring (bicyclic) bond motifs is 2. The summed E-state index contributed by atoms with van der Waals surface area (Å²) in [5, 5.41) is 4.29. The average Bonchev–Trinajstić information content (AvgIpc) is 3.24. The summed E-state index contributed by atoms with van der Waals surface area (Å²) < 4.78 is 10.8. The van der Waals surface area contributed by atoms with Crippen molar-refractivity contribution in [2.45, 2.75) is 32.1 Å². The molecule has 132 valence electrons. The number of aromatic amines is 1. The maximum atomic E-state index is 13.0. The maximum absolute atomic E-state index is 13.0. The first-order valence-electron chi connectivity index (χ1n) is 8.87. The molecule has 0 radical (unpaired) electrons. The Bertz CT molecular complexity index is 1050. The van der Waals surface area contributed by atoms with Gasteiger partial charge in [-0.15, -0.1) is 0 Å². The second-order valence-corrected chi connectivity index (χ2v) is 7.24. The summed E-state index contributed by atoms with van der Waals surface area (Å²) in [6.45, 7) is 4.41. The first-order chi connectivity index (χ1) is 12.6. The number of aryl methyl sites for hydroxylation is 2. The third-order valence-electron chi connectivity index (χ3n) is 5.68. The zero-order valence-corrected chi connectivity index (χ0v) is 14.8. The highest BCUT2D eigenvalue weighted by Crippen LogP contribution is 2.51. The number of rotatable bonds is 3. The molecular formula is C21H20N2O3. The molecular weight excluding hydrogens is 328 g/mol. The van der Waals surface area contributed by atoms with Gasteiger partial charge in [0.2, 0.25) is 12.7 Å². The van der Waals surface area contributed by atoms with E-state index in [1.807, 2.05) is 30.3 Å². The van der Waals surface area contributed by atoms with Crippen molar-refractivity contribution in [1.82, 2.24) is 4.98 Å². The predicted octanol–water partition coefficient (Wildman–Crippen LogP) is 4.18. The quantitative estimate of drug-likeness (QED) is 0.746. The van der Waals surface area contributed by atoms with Crippen LogP contribution in [0.1, 0.15) is 29.7 Å². The van der Waals surface area contributed by atoms with Crippen molar-refractivity contribution in [2.24, 2.45) is 0 Å². The first-order valence-corrected chi connectivity index (χ1v) is 8.87. The number of H-pyrrole nitrogens is 1. The molecule has 2 heterocycles. The second-order valence-electron chi connectivity index (χ2n) is 7.24. The Morgan fingerprint density at radius 2 is 1.88 bits per heavy atom. The number of hydrogen-bond donors (Lipinski definition) is 2. The van der Waals surface area contributed by atoms with Gasteiger partial charge in [0.25, 0.3) is 0 Å². The summed E-state index contributed by atoms with van der Waals surface area (Å²) in [6.07, 6.45) is 1.70. The summed E-state index contributed by atoms with van der Waals surface area (Å²) in [5.41, 5.74) is 4.80. The van der Waals surface area contributed by atoms with E-state index in [9.17, 15) is 4.79 Å². The SMILES string of the molecule is Cc1[nH]c2cc(NC(=O)C3(c4ccc5c(c4)OCO5)CC3)ccc2c1C. The fourth-order valence-corrected chi connectivity index (χ4v) is 3.77. The highest BCUT2D eigenvalue weighted by atomic mass is 16.7. The van der Waals surface area contributed by atoms with E-state index in [4.69, 9.17) is 9.47 Å². The number of hydrogen-bond acceptors (Lipinski definition) is 3. The van der Waals surface area contributed by atoms with Crippen molar-refractivity contribution in [3.63, 3.8) is 0 Å². The molecule has 5 nitrogen and oxygen atoms in total. The number of aromatic nitrogens is 1. The molecule has 26 heavy (non-hydrogen) atoms. The van der Waals surface area contributed by atoms with Crippen LogP contribution >= 0.6 is 0 Å². The second kappa shape index (κ2) is 5.27. The molecule has 1 aliphatic heterocycles. The highest BCUT2D eigenvalue weighted by molar-refractivity contribution is 6.02. The predicted molar refractivity (Wildman–Crippen MR) is 99.9 cm³/mol. The number of carbonyl (C=O) groups is 1. The summed E-state index contributed by atoms with van der Waals surface area (Å²) in [6, 6.07) is 11.8. The molecule has 5 heteroatoms. The molecule has 5 rings (SSSR count). The molecule has 1 saturated carbocycles. The molecule has 0 saturated heterocycles. The Morgan fingerprint density at radius 1 is 1.08 bits per heavy atom. The minimum atomic E-state index is -0.461. The van der Waals surface area contributed by atoms with E-state index in [2.05, 4.69) is 30.2 Å². The largest absolute Gasteiger partial charge is 0.454 e. The van der Waals surface area contributed by atoms with Crippen LogP contribution in [0.2, 0.25) is 0 Å². The van der Waals surface area contributed by atoms with Crippen molar-refractivity contribution in [2.75, 3.05) is 12.1 Å². The Hall–Kier alpha value is -2.95. The molecule has 2 aliphatic rings. The zero-order chi connectivity index (χ0) is 17.9. The molecule has 1 fully saturated rings. The Labute approximate surface area is 151 Å². The third kappa shape index (κ3) is 2.20. The number of amides is 1. The van der Waals surface area contributed by atoms with Gasteiger partial charge >= 0.3 is 0 Å². The van der Waals surface area contributed by atoms with Crippen LogP contribution in [0.25, 0.3) is 10.9 Å². The molecule has 0 spiro atoms. The molecule has 0 atom stereocenters. The van der Waals surface area contributed by atoms with E-state index in [1.54, 1.807) is 0 Å². The smallest absolute Gasteiger partial charge is 0.235 e. The van der Waals surface area contributed by atoms with Crippen LogP contribution < -0.4 is 14.8 Å². The monoisotopic (exact) mass is 348 g/mol. The molecule has 0 bridgehead atoms. The topological polar surface area (TPSA) is 63.4 Å². The van der Waals surface area contributed by atoms with E-state index in [-0.39, 0.29) is 12.7 Å². The lowest BCUT2D eigenvalue weighted by atomic mass is 9.94. The molecule has 2 N–H and O–H groups in total. The lowest BCUT2D eigenvalue weighted by Crippen LogP contribution is -2.27. The van der Waals surface area contributed by atoms with Gasteiger partial charge in [0.15, 0.2) is 11.5 Å². The fraction of sp³-hybridized carbons (Fsp3) is 0.286. The van der Waals surface area contributed by atoms with Crippen LogP contribution in [0, 0.1) is 13.8 Å². The number of nitrogens with one attached hydrogen (secondary N) is 2. The number of anilines is 1. The molecule has 2 aromatic carbocycles. The van der Waals surface area contributed by atoms with Crippen LogP contribution in [-0.2, 0) is 10.2 Å². The molecule has 0 unspecified atom stereocenters. The van der Waals surface area contributed by atoms with Crippen LogP contribution in [0.4, 0.5) is 5.69 Å². The maximum Gasteiger partial charge on any atom is 0.235 e. The molecule has 3 aromatic rings. The summed E-state index contributed by atoms with van der Waals surface area (Å²) in [5.74, 6) is 1.50. The van der Waals surface area contributed by atoms with Gasteiger partial charge in [-0.1, -0.05) is 12.1 Å². The van der Waals surface area contributed by atoms with Crippen molar-refractivity contribution in [3.8, 4) is 11.5 Å². The van der Waals surface area contributed by atoms with Crippen LogP contribution in [0.15, 0.2) is 36.4 Å². The number of ether oxygens (including phenoxy) is 2. The Kier molecular flexibility index (Phi) is 3.11. The van der Waals surface area contributed by atoms with Gasteiger partial charge in [-0.25, -0.2) is 0 Å². The zero-order valence-electron chi connectivity index (χ0n) is 14.8. The van der Waals surface area contributed by atoms with Crippen molar-refractivity contribution in [1.29, 1.82) is 0 Å². The Balaban J connectivity index is 1.43. The van der Waals surface area contributed by atoms with Crippen LogP contribution in [0.3, 0.4) is 0 Å². The van der Waals surface area contributed by atoms with E-state index in [0.29, 0.717) is 0 Å². The Morgan fingerprint density at radius 3 is 2.69 bits per heavy atom. The van der Waals surface area contributed by atoms with Gasteiger partial charge in [0.1, 0.15) is 0 Å². The number of benzene rings is 2. The van der Waals surface area contributed by atoms with Crippen molar-refractivity contribution < 1.29 is 14.3 Å². The lowest BCUT2D eigenvalue weighted by Gasteiger charge is -2.16. The van der Waals surface area contributed by atoms with E-state index in [1.165, 1.54) is 10.9 Å². The van der Waals surface area contributed by atoms with Crippen molar-refractivity contribution >= 4 is 22.5 Å². The first kappa shape index (κ1) is 15.3. The lowest BCUT2D eigenvalue weighted by molar-refractivity contribution is -0.118. The van der Waals surface area contributed by atoms with Gasteiger partial charge in [-0.2, -0.15) is 0 Å².